The van der Waals surface area contributed by atoms with E-state index in [2.05, 4.69) is 36.0 Å². The van der Waals surface area contributed by atoms with Gasteiger partial charge in [0.25, 0.3) is 0 Å². The lowest BCUT2D eigenvalue weighted by Crippen LogP contribution is -2.47. The molecule has 0 atom stereocenters. The summed E-state index contributed by atoms with van der Waals surface area (Å²) in [6.07, 6.45) is 0. The van der Waals surface area contributed by atoms with E-state index in [1.807, 2.05) is 0 Å². The highest BCUT2D eigenvalue weighted by Crippen LogP contribution is 2.26. The summed E-state index contributed by atoms with van der Waals surface area (Å²) in [4.78, 5) is 9.71. The minimum Gasteiger partial charge on any atom is -0.329 e. The van der Waals surface area contributed by atoms with Crippen molar-refractivity contribution < 1.29 is 0 Å². The Morgan fingerprint density at radius 3 is 2.30 bits per heavy atom. The van der Waals surface area contributed by atoms with E-state index in [4.69, 9.17) is 10.7 Å². The van der Waals surface area contributed by atoms with Crippen LogP contribution in [-0.2, 0) is 12.0 Å². The van der Waals surface area contributed by atoms with Crippen molar-refractivity contribution in [3.63, 3.8) is 0 Å². The van der Waals surface area contributed by atoms with Gasteiger partial charge < -0.3 is 5.73 Å². The number of rotatable bonds is 4. The second-order valence-electron chi connectivity index (χ2n) is 6.30. The third kappa shape index (κ3) is 4.97. The Kier molecular flexibility index (Phi) is 6.88. The number of thiazole rings is 1. The van der Waals surface area contributed by atoms with Crippen molar-refractivity contribution in [1.29, 1.82) is 0 Å². The molecule has 0 bridgehead atoms. The second kappa shape index (κ2) is 7.71. The molecule has 0 aliphatic carbocycles. The molecule has 1 saturated heterocycles. The molecule has 116 valence electrons. The van der Waals surface area contributed by atoms with Crippen LogP contribution < -0.4 is 5.73 Å². The van der Waals surface area contributed by atoms with Crippen molar-refractivity contribution in [3.8, 4) is 0 Å². The third-order valence-corrected chi connectivity index (χ3v) is 4.81. The van der Waals surface area contributed by atoms with E-state index in [-0.39, 0.29) is 17.8 Å². The fourth-order valence-corrected chi connectivity index (χ4v) is 3.21. The van der Waals surface area contributed by atoms with Crippen LogP contribution in [0, 0.1) is 0 Å². The summed E-state index contributed by atoms with van der Waals surface area (Å²) < 4.78 is 0. The van der Waals surface area contributed by atoms with E-state index in [1.165, 1.54) is 10.7 Å². The number of hydrogen-bond donors (Lipinski definition) is 1. The lowest BCUT2D eigenvalue weighted by molar-refractivity contribution is 0.129. The third-order valence-electron chi connectivity index (χ3n) is 3.49. The van der Waals surface area contributed by atoms with Crippen LogP contribution in [-0.4, -0.2) is 54.1 Å². The highest BCUT2D eigenvalue weighted by atomic mass is 35.5. The average molecular weight is 319 g/mol. The number of nitrogens with zero attached hydrogens (tertiary/aromatic N) is 3. The summed E-state index contributed by atoms with van der Waals surface area (Å²) in [6.45, 7) is 14.0. The van der Waals surface area contributed by atoms with Gasteiger partial charge in [0.05, 0.1) is 10.7 Å². The van der Waals surface area contributed by atoms with Gasteiger partial charge in [-0.3, -0.25) is 9.80 Å². The van der Waals surface area contributed by atoms with Crippen LogP contribution in [0.3, 0.4) is 0 Å². The van der Waals surface area contributed by atoms with E-state index < -0.39 is 0 Å². The Labute approximate surface area is 132 Å². The van der Waals surface area contributed by atoms with Gasteiger partial charge >= 0.3 is 0 Å². The lowest BCUT2D eigenvalue weighted by Gasteiger charge is -2.34. The van der Waals surface area contributed by atoms with Gasteiger partial charge in [0, 0.05) is 56.6 Å². The van der Waals surface area contributed by atoms with Gasteiger partial charge in [-0.25, -0.2) is 4.98 Å². The number of halogens is 1. The van der Waals surface area contributed by atoms with Crippen LogP contribution in [0.4, 0.5) is 0 Å². The first kappa shape index (κ1) is 17.9. The Hall–Kier alpha value is -0.200. The zero-order chi connectivity index (χ0) is 13.9. The summed E-state index contributed by atoms with van der Waals surface area (Å²) in [6, 6.07) is 0. The predicted molar refractivity (Wildman–Crippen MR) is 88.8 cm³/mol. The molecule has 4 nitrogen and oxygen atoms in total. The maximum Gasteiger partial charge on any atom is 0.0982 e. The topological polar surface area (TPSA) is 45.4 Å². The van der Waals surface area contributed by atoms with Crippen LogP contribution in [0.15, 0.2) is 5.38 Å². The smallest absolute Gasteiger partial charge is 0.0982 e. The Morgan fingerprint density at radius 2 is 1.80 bits per heavy atom. The van der Waals surface area contributed by atoms with Crippen molar-refractivity contribution in [2.45, 2.75) is 32.7 Å². The van der Waals surface area contributed by atoms with Gasteiger partial charge in [-0.15, -0.1) is 23.7 Å². The van der Waals surface area contributed by atoms with Crippen molar-refractivity contribution in [2.75, 3.05) is 39.3 Å². The van der Waals surface area contributed by atoms with Crippen LogP contribution in [0.25, 0.3) is 0 Å². The molecule has 2 N–H and O–H groups in total. The zero-order valence-corrected chi connectivity index (χ0v) is 14.4. The van der Waals surface area contributed by atoms with Gasteiger partial charge in [0.2, 0.25) is 0 Å². The molecule has 0 aromatic carbocycles. The molecule has 1 aromatic heterocycles. The molecule has 0 amide bonds. The van der Waals surface area contributed by atoms with Crippen LogP contribution in [0.5, 0.6) is 0 Å². The van der Waals surface area contributed by atoms with Gasteiger partial charge in [0.15, 0.2) is 0 Å². The van der Waals surface area contributed by atoms with Crippen LogP contribution in [0.1, 0.15) is 31.5 Å². The minimum atomic E-state index is 0. The molecule has 2 rings (SSSR count). The minimum absolute atomic E-state index is 0. The quantitative estimate of drug-likeness (QED) is 0.921. The normalized spacial score (nSPS) is 18.0. The Balaban J connectivity index is 0.00000200. The van der Waals surface area contributed by atoms with E-state index in [0.29, 0.717) is 0 Å². The molecule has 0 radical (unpaired) electrons. The molecular weight excluding hydrogens is 292 g/mol. The Bertz CT molecular complexity index is 394. The molecule has 0 unspecified atom stereocenters. The van der Waals surface area contributed by atoms with Crippen molar-refractivity contribution in [3.05, 3.63) is 16.1 Å². The number of nitrogens with two attached hydrogens (primary N) is 1. The summed E-state index contributed by atoms with van der Waals surface area (Å²) in [5.74, 6) is 0. The van der Waals surface area contributed by atoms with Gasteiger partial charge in [-0.1, -0.05) is 20.8 Å². The highest BCUT2D eigenvalue weighted by Gasteiger charge is 2.20. The Morgan fingerprint density at radius 1 is 1.20 bits per heavy atom. The summed E-state index contributed by atoms with van der Waals surface area (Å²) in [7, 11) is 0. The molecule has 0 spiro atoms. The molecule has 0 saturated carbocycles. The van der Waals surface area contributed by atoms with E-state index in [0.717, 1.165) is 45.8 Å². The molecule has 2 heterocycles. The second-order valence-corrected chi connectivity index (χ2v) is 7.16. The van der Waals surface area contributed by atoms with Crippen molar-refractivity contribution in [2.24, 2.45) is 5.73 Å². The van der Waals surface area contributed by atoms with Gasteiger partial charge in [-0.05, 0) is 0 Å². The molecular formula is C14H27ClN4S. The number of piperazine rings is 1. The molecule has 1 aromatic rings. The van der Waals surface area contributed by atoms with Crippen molar-refractivity contribution >= 4 is 23.7 Å². The molecule has 1 aliphatic rings. The van der Waals surface area contributed by atoms with E-state index in [1.54, 1.807) is 11.3 Å². The fourth-order valence-electron chi connectivity index (χ4n) is 2.31. The summed E-state index contributed by atoms with van der Waals surface area (Å²) >= 11 is 1.79. The van der Waals surface area contributed by atoms with E-state index in [9.17, 15) is 0 Å². The van der Waals surface area contributed by atoms with E-state index >= 15 is 0 Å². The molecule has 1 fully saturated rings. The highest BCUT2D eigenvalue weighted by molar-refractivity contribution is 7.09. The van der Waals surface area contributed by atoms with Gasteiger partial charge in [-0.2, -0.15) is 0 Å². The number of aromatic nitrogens is 1. The van der Waals surface area contributed by atoms with Crippen LogP contribution in [0.2, 0.25) is 0 Å². The van der Waals surface area contributed by atoms with Crippen molar-refractivity contribution in [1.82, 2.24) is 14.8 Å². The van der Waals surface area contributed by atoms with Gasteiger partial charge in [0.1, 0.15) is 0 Å². The first-order chi connectivity index (χ1) is 8.99. The maximum atomic E-state index is 5.60. The average Bonchev–Trinajstić information content (AvgIpc) is 2.80. The first-order valence-corrected chi connectivity index (χ1v) is 7.96. The predicted octanol–water partition coefficient (Wildman–Crippen LogP) is 1.94. The summed E-state index contributed by atoms with van der Waals surface area (Å²) in [5.41, 5.74) is 6.99. The largest absolute Gasteiger partial charge is 0.329 e. The number of hydrogen-bond acceptors (Lipinski definition) is 5. The SMILES string of the molecule is CC(C)(C)c1nc(CN2CCN(CCN)CC2)cs1.Cl. The fraction of sp³-hybridized carbons (Fsp3) is 0.786. The summed E-state index contributed by atoms with van der Waals surface area (Å²) in [5, 5.41) is 3.46. The maximum absolute atomic E-state index is 5.60. The zero-order valence-electron chi connectivity index (χ0n) is 12.8. The standard InChI is InChI=1S/C14H26N4S.ClH/c1-14(2,3)13-16-12(11-19-13)10-18-8-6-17(5-4-15)7-9-18;/h11H,4-10,15H2,1-3H3;1H. The molecule has 20 heavy (non-hydrogen) atoms. The lowest BCUT2D eigenvalue weighted by atomic mass is 9.98. The first-order valence-electron chi connectivity index (χ1n) is 7.08. The monoisotopic (exact) mass is 318 g/mol. The van der Waals surface area contributed by atoms with Crippen LogP contribution >= 0.6 is 23.7 Å². The molecule has 6 heteroatoms. The molecule has 1 aliphatic heterocycles.